The number of carbonyl (C=O) groups excluding carboxylic acids is 2. The number of anilines is 4. The van der Waals surface area contributed by atoms with E-state index in [-0.39, 0.29) is 58.6 Å². The number of amides is 2. The quantitative estimate of drug-likeness (QED) is 0.175. The van der Waals surface area contributed by atoms with Gasteiger partial charge in [-0.3, -0.25) is 9.59 Å². The van der Waals surface area contributed by atoms with Crippen LogP contribution in [-0.4, -0.2) is 58.4 Å². The minimum Gasteiger partial charge on any atom is -0.392 e. The molecule has 2 heterocycles. The molecule has 288 valence electrons. The van der Waals surface area contributed by atoms with Crippen LogP contribution in [0, 0.1) is 11.8 Å². The van der Waals surface area contributed by atoms with Crippen LogP contribution in [0.5, 0.6) is 0 Å². The summed E-state index contributed by atoms with van der Waals surface area (Å²) in [6, 6.07) is 9.40. The largest absolute Gasteiger partial charge is 0.392 e. The van der Waals surface area contributed by atoms with Crippen molar-refractivity contribution in [3.05, 3.63) is 46.5 Å². The van der Waals surface area contributed by atoms with Crippen LogP contribution in [0.2, 0.25) is 0 Å². The van der Waals surface area contributed by atoms with Gasteiger partial charge in [0.2, 0.25) is 11.8 Å². The van der Waals surface area contributed by atoms with Gasteiger partial charge >= 0.3 is 0 Å². The van der Waals surface area contributed by atoms with Crippen molar-refractivity contribution in [2.45, 2.75) is 182 Å². The highest BCUT2D eigenvalue weighted by molar-refractivity contribution is 5.96. The number of nitrogens with one attached hydrogen (secondary N) is 2. The van der Waals surface area contributed by atoms with Crippen LogP contribution >= 0.6 is 0 Å². The van der Waals surface area contributed by atoms with E-state index in [1.165, 1.54) is 0 Å². The topological polar surface area (TPSA) is 105 Å². The zero-order valence-corrected chi connectivity index (χ0v) is 34.5. The molecule has 2 atom stereocenters. The average Bonchev–Trinajstić information content (AvgIpc) is 3.38. The van der Waals surface area contributed by atoms with Gasteiger partial charge in [-0.05, 0) is 102 Å². The van der Waals surface area contributed by atoms with Crippen LogP contribution in [0.4, 0.5) is 22.7 Å². The summed E-state index contributed by atoms with van der Waals surface area (Å²) < 4.78 is 0. The third-order valence-corrected chi connectivity index (χ3v) is 13.7. The lowest BCUT2D eigenvalue weighted by molar-refractivity contribution is -0.120. The van der Waals surface area contributed by atoms with E-state index in [4.69, 9.17) is 0 Å². The van der Waals surface area contributed by atoms with Crippen LogP contribution in [-0.2, 0) is 20.4 Å². The molecule has 2 aromatic carbocycles. The predicted octanol–water partition coefficient (Wildman–Crippen LogP) is 8.83. The van der Waals surface area contributed by atoms with Crippen molar-refractivity contribution in [2.75, 3.05) is 20.4 Å². The van der Waals surface area contributed by atoms with E-state index in [1.807, 2.05) is 27.7 Å². The van der Waals surface area contributed by atoms with E-state index < -0.39 is 24.0 Å². The summed E-state index contributed by atoms with van der Waals surface area (Å²) in [6.45, 7) is 30.4. The van der Waals surface area contributed by atoms with Gasteiger partial charge in [-0.25, -0.2) is 0 Å². The molecule has 1 fully saturated rings. The first-order valence-electron chi connectivity index (χ1n) is 20.2. The third kappa shape index (κ3) is 6.33. The molecule has 1 saturated carbocycles. The van der Waals surface area contributed by atoms with E-state index in [9.17, 15) is 19.8 Å². The Balaban J connectivity index is 1.64. The number of carbonyl (C=O) groups is 2. The number of benzene rings is 2. The molecule has 0 spiro atoms. The molecule has 8 heteroatoms. The molecular formula is C44H68N4O4. The predicted molar refractivity (Wildman–Crippen MR) is 216 cm³/mol. The number of rotatable bonds is 12. The molecule has 2 aromatic rings. The van der Waals surface area contributed by atoms with Gasteiger partial charge < -0.3 is 30.6 Å². The van der Waals surface area contributed by atoms with Crippen LogP contribution < -0.4 is 20.4 Å². The molecule has 52 heavy (non-hydrogen) atoms. The Bertz CT molecular complexity index is 1530. The highest BCUT2D eigenvalue weighted by atomic mass is 16.3. The van der Waals surface area contributed by atoms with Crippen molar-refractivity contribution in [3.63, 3.8) is 0 Å². The number of fused-ring (bicyclic) bond motifs is 2. The van der Waals surface area contributed by atoms with Crippen LogP contribution in [0.1, 0.15) is 157 Å². The maximum absolute atomic E-state index is 13.6. The number of aliphatic hydroxyl groups excluding tert-OH is 2. The summed E-state index contributed by atoms with van der Waals surface area (Å²) in [5, 5.41) is 31.1. The van der Waals surface area contributed by atoms with Gasteiger partial charge in [-0.15, -0.1) is 0 Å². The fourth-order valence-electron chi connectivity index (χ4n) is 9.68. The van der Waals surface area contributed by atoms with E-state index >= 15 is 0 Å². The summed E-state index contributed by atoms with van der Waals surface area (Å²) in [6.07, 6.45) is 1.04. The molecule has 0 saturated heterocycles. The smallest absolute Gasteiger partial charge is 0.227 e. The van der Waals surface area contributed by atoms with Crippen molar-refractivity contribution in [1.29, 1.82) is 0 Å². The molecule has 0 bridgehead atoms. The molecule has 2 amide bonds. The summed E-state index contributed by atoms with van der Waals surface area (Å²) in [4.78, 5) is 32.1. The van der Waals surface area contributed by atoms with Gasteiger partial charge in [0, 0.05) is 81.4 Å². The molecular weight excluding hydrogens is 649 g/mol. The van der Waals surface area contributed by atoms with Crippen LogP contribution in [0.3, 0.4) is 0 Å². The monoisotopic (exact) mass is 717 g/mol. The average molecular weight is 717 g/mol. The van der Waals surface area contributed by atoms with Gasteiger partial charge in [-0.2, -0.15) is 0 Å². The zero-order chi connectivity index (χ0) is 38.8. The Morgan fingerprint density at radius 2 is 0.942 bits per heavy atom. The van der Waals surface area contributed by atoms with Gasteiger partial charge in [-0.1, -0.05) is 67.5 Å². The first-order chi connectivity index (χ1) is 24.3. The third-order valence-electron chi connectivity index (χ3n) is 13.7. The Labute approximate surface area is 314 Å². The summed E-state index contributed by atoms with van der Waals surface area (Å²) >= 11 is 0. The van der Waals surface area contributed by atoms with Crippen molar-refractivity contribution in [1.82, 2.24) is 0 Å². The Hall–Kier alpha value is -3.10. The fraction of sp³-hybridized carbons (Fsp3) is 0.682. The summed E-state index contributed by atoms with van der Waals surface area (Å²) in [5.74, 6) is -1.59. The number of aliphatic hydroxyl groups is 2. The highest BCUT2D eigenvalue weighted by Gasteiger charge is 2.54. The molecule has 8 nitrogen and oxygen atoms in total. The van der Waals surface area contributed by atoms with Gasteiger partial charge in [0.1, 0.15) is 0 Å². The Morgan fingerprint density at radius 3 is 1.21 bits per heavy atom. The Morgan fingerprint density at radius 1 is 0.635 bits per heavy atom. The number of hydrogen-bond donors (Lipinski definition) is 4. The second-order valence-corrected chi connectivity index (χ2v) is 17.7. The SMILES string of the molecule is CCC(CC)C(=O)Nc1cc2c(cc1C1C(O)C(c3cc4c(cc3NC(=O)C(CC)CC)N(C(C)C)C(C)C4(C)C)C1O)C(C)(C)C(C)N2C(C)C. The maximum atomic E-state index is 13.6. The lowest BCUT2D eigenvalue weighted by Gasteiger charge is -2.48. The van der Waals surface area contributed by atoms with E-state index in [0.717, 1.165) is 59.3 Å². The van der Waals surface area contributed by atoms with Crippen LogP contribution in [0.15, 0.2) is 24.3 Å². The molecule has 0 aromatic heterocycles. The Kier molecular flexibility index (Phi) is 11.3. The van der Waals surface area contributed by atoms with Crippen molar-refractivity contribution in [2.24, 2.45) is 11.8 Å². The first-order valence-corrected chi connectivity index (χ1v) is 20.2. The second kappa shape index (κ2) is 14.6. The normalized spacial score (nSPS) is 25.9. The molecule has 1 aliphatic carbocycles. The van der Waals surface area contributed by atoms with E-state index in [1.54, 1.807) is 0 Å². The van der Waals surface area contributed by atoms with Gasteiger partial charge in [0.25, 0.3) is 0 Å². The maximum Gasteiger partial charge on any atom is 0.227 e. The highest BCUT2D eigenvalue weighted by Crippen LogP contribution is 2.57. The summed E-state index contributed by atoms with van der Waals surface area (Å²) in [7, 11) is 0. The molecule has 0 radical (unpaired) electrons. The van der Waals surface area contributed by atoms with Gasteiger partial charge in [0.15, 0.2) is 0 Å². The molecule has 3 aliphatic rings. The van der Waals surface area contributed by atoms with Crippen LogP contribution in [0.25, 0.3) is 0 Å². The van der Waals surface area contributed by atoms with E-state index in [2.05, 4.69) is 114 Å². The molecule has 4 N–H and O–H groups in total. The molecule has 2 aliphatic heterocycles. The zero-order valence-electron chi connectivity index (χ0n) is 34.5. The van der Waals surface area contributed by atoms with Crippen molar-refractivity contribution < 1.29 is 19.8 Å². The minimum atomic E-state index is -0.940. The molecule has 2 unspecified atom stereocenters. The second-order valence-electron chi connectivity index (χ2n) is 17.7. The van der Waals surface area contributed by atoms with Crippen molar-refractivity contribution >= 4 is 34.6 Å². The number of nitrogens with zero attached hydrogens (tertiary/aromatic N) is 2. The minimum absolute atomic E-state index is 0.0384. The van der Waals surface area contributed by atoms with E-state index in [0.29, 0.717) is 11.4 Å². The van der Waals surface area contributed by atoms with Gasteiger partial charge in [0.05, 0.1) is 12.2 Å². The summed E-state index contributed by atoms with van der Waals surface area (Å²) in [5.41, 5.74) is 6.97. The lowest BCUT2D eigenvalue weighted by Crippen LogP contribution is -2.52. The standard InChI is InChI=1S/C44H68N4O4/c1-15-27(16-2)41(51)45-33-21-35-31(43(11,12)25(9)47(35)23(5)6)19-29(33)37-39(49)38(40(37)50)30-20-32-36(48(24(7)8)26(10)44(32,13)14)22-34(30)46-42(52)28(17-3)18-4/h19-28,37-40,49-50H,15-18H2,1-14H3,(H,45,51)(H,46,52). The molecule has 5 rings (SSSR count). The first kappa shape index (κ1) is 40.1. The number of hydrogen-bond acceptors (Lipinski definition) is 6. The lowest BCUT2D eigenvalue weighted by atomic mass is 9.61. The fourth-order valence-corrected chi connectivity index (χ4v) is 9.68. The van der Waals surface area contributed by atoms with Crippen molar-refractivity contribution in [3.8, 4) is 0 Å².